The largest absolute Gasteiger partial charge is 0.496 e. The highest BCUT2D eigenvalue weighted by molar-refractivity contribution is 5.34. The van der Waals surface area contributed by atoms with E-state index < -0.39 is 0 Å². The topological polar surface area (TPSA) is 50.3 Å². The second-order valence-corrected chi connectivity index (χ2v) is 9.41. The van der Waals surface area contributed by atoms with E-state index in [1.807, 2.05) is 42.7 Å². The summed E-state index contributed by atoms with van der Waals surface area (Å²) >= 11 is 0. The zero-order chi connectivity index (χ0) is 24.6. The van der Waals surface area contributed by atoms with Gasteiger partial charge in [0.1, 0.15) is 5.75 Å². The molecule has 1 aliphatic rings. The van der Waals surface area contributed by atoms with Crippen LogP contribution in [-0.2, 0) is 32.6 Å². The Morgan fingerprint density at radius 1 is 0.833 bits per heavy atom. The van der Waals surface area contributed by atoms with Crippen molar-refractivity contribution in [2.75, 3.05) is 7.11 Å². The molecular formula is C31H34N4O. The molecule has 5 nitrogen and oxygen atoms in total. The first-order valence-electron chi connectivity index (χ1n) is 12.8. The van der Waals surface area contributed by atoms with Crippen LogP contribution in [0.25, 0.3) is 0 Å². The average Bonchev–Trinajstić information content (AvgIpc) is 2.94. The predicted octanol–water partition coefficient (Wildman–Crippen LogP) is 5.85. The molecular weight excluding hydrogens is 444 g/mol. The van der Waals surface area contributed by atoms with Crippen LogP contribution in [0.15, 0.2) is 91.3 Å². The third-order valence-corrected chi connectivity index (χ3v) is 6.94. The van der Waals surface area contributed by atoms with Crippen LogP contribution in [0.3, 0.4) is 0 Å². The second kappa shape index (κ2) is 11.9. The number of pyridine rings is 2. The SMILES string of the molecule is COc1ccccc1CN(Cc1ccc(CNCc2ccccn2)cc1)C1CCCc2cccnc21. The summed E-state index contributed by atoms with van der Waals surface area (Å²) in [4.78, 5) is 11.8. The van der Waals surface area contributed by atoms with Crippen LogP contribution in [0.4, 0.5) is 0 Å². The number of benzene rings is 2. The summed E-state index contributed by atoms with van der Waals surface area (Å²) in [5.74, 6) is 0.939. The Morgan fingerprint density at radius 2 is 1.64 bits per heavy atom. The zero-order valence-corrected chi connectivity index (χ0v) is 20.9. The normalized spacial score (nSPS) is 15.0. The highest BCUT2D eigenvalue weighted by Crippen LogP contribution is 2.35. The van der Waals surface area contributed by atoms with Gasteiger partial charge in [0.15, 0.2) is 0 Å². The van der Waals surface area contributed by atoms with Crippen molar-refractivity contribution in [1.29, 1.82) is 0 Å². The Labute approximate surface area is 214 Å². The van der Waals surface area contributed by atoms with E-state index in [2.05, 4.69) is 63.7 Å². The van der Waals surface area contributed by atoms with Gasteiger partial charge in [0, 0.05) is 44.1 Å². The van der Waals surface area contributed by atoms with Crippen molar-refractivity contribution in [1.82, 2.24) is 20.2 Å². The molecule has 2 heterocycles. The van der Waals surface area contributed by atoms with E-state index >= 15 is 0 Å². The van der Waals surface area contributed by atoms with E-state index in [0.717, 1.165) is 50.5 Å². The van der Waals surface area contributed by atoms with Crippen molar-refractivity contribution < 1.29 is 4.74 Å². The second-order valence-electron chi connectivity index (χ2n) is 9.41. The van der Waals surface area contributed by atoms with Crippen LogP contribution >= 0.6 is 0 Å². The molecule has 1 unspecified atom stereocenters. The molecule has 4 aromatic rings. The minimum absolute atomic E-state index is 0.291. The lowest BCUT2D eigenvalue weighted by Crippen LogP contribution is -2.31. The summed E-state index contributed by atoms with van der Waals surface area (Å²) in [6, 6.07) is 27.9. The monoisotopic (exact) mass is 478 g/mol. The van der Waals surface area contributed by atoms with Gasteiger partial charge in [0.2, 0.25) is 0 Å². The summed E-state index contributed by atoms with van der Waals surface area (Å²) < 4.78 is 5.68. The summed E-state index contributed by atoms with van der Waals surface area (Å²) in [6.45, 7) is 3.27. The highest BCUT2D eigenvalue weighted by Gasteiger charge is 2.28. The van der Waals surface area contributed by atoms with Gasteiger partial charge in [-0.15, -0.1) is 0 Å². The number of hydrogen-bond acceptors (Lipinski definition) is 5. The van der Waals surface area contributed by atoms with Gasteiger partial charge < -0.3 is 10.1 Å². The summed E-state index contributed by atoms with van der Waals surface area (Å²) in [6.07, 6.45) is 7.19. The lowest BCUT2D eigenvalue weighted by molar-refractivity contribution is 0.155. The molecule has 0 amide bonds. The molecule has 1 aliphatic carbocycles. The fourth-order valence-corrected chi connectivity index (χ4v) is 5.10. The number of fused-ring (bicyclic) bond motifs is 1. The smallest absolute Gasteiger partial charge is 0.123 e. The number of methoxy groups -OCH3 is 1. The molecule has 1 N–H and O–H groups in total. The first-order chi connectivity index (χ1) is 17.8. The molecule has 0 spiro atoms. The zero-order valence-electron chi connectivity index (χ0n) is 20.9. The quantitative estimate of drug-likeness (QED) is 0.310. The van der Waals surface area contributed by atoms with E-state index in [-0.39, 0.29) is 0 Å². The lowest BCUT2D eigenvalue weighted by Gasteiger charge is -2.35. The fraction of sp³-hybridized carbons (Fsp3) is 0.290. The van der Waals surface area contributed by atoms with Crippen LogP contribution in [-0.4, -0.2) is 22.0 Å². The molecule has 184 valence electrons. The van der Waals surface area contributed by atoms with Gasteiger partial charge in [0.25, 0.3) is 0 Å². The molecule has 2 aromatic carbocycles. The van der Waals surface area contributed by atoms with Crippen LogP contribution < -0.4 is 10.1 Å². The number of para-hydroxylation sites is 1. The van der Waals surface area contributed by atoms with Gasteiger partial charge in [-0.2, -0.15) is 0 Å². The molecule has 0 fully saturated rings. The standard InChI is InChI=1S/C31H34N4O/c1-36-30-13-3-2-8-27(30)23-35(29-12-6-9-26-10-7-19-34-31(26)29)22-25-16-14-24(15-17-25)20-32-21-28-11-4-5-18-33-28/h2-5,7-8,10-11,13-19,29,32H,6,9,12,20-23H2,1H3. The van der Waals surface area contributed by atoms with Crippen LogP contribution in [0, 0.1) is 0 Å². The third kappa shape index (κ3) is 5.99. The average molecular weight is 479 g/mol. The van der Waals surface area contributed by atoms with Crippen LogP contribution in [0.2, 0.25) is 0 Å². The van der Waals surface area contributed by atoms with Gasteiger partial charge in [-0.25, -0.2) is 0 Å². The molecule has 0 aliphatic heterocycles. The fourth-order valence-electron chi connectivity index (χ4n) is 5.10. The van der Waals surface area contributed by atoms with Gasteiger partial charge in [-0.05, 0) is 60.2 Å². The minimum atomic E-state index is 0.291. The molecule has 36 heavy (non-hydrogen) atoms. The predicted molar refractivity (Wildman–Crippen MR) is 143 cm³/mol. The van der Waals surface area contributed by atoms with Gasteiger partial charge in [-0.1, -0.05) is 54.6 Å². The number of aryl methyl sites for hydroxylation is 1. The van der Waals surface area contributed by atoms with Crippen molar-refractivity contribution in [3.05, 3.63) is 125 Å². The first-order valence-corrected chi connectivity index (χ1v) is 12.8. The van der Waals surface area contributed by atoms with Crippen molar-refractivity contribution >= 4 is 0 Å². The lowest BCUT2D eigenvalue weighted by atomic mass is 9.90. The Balaban J connectivity index is 1.32. The number of nitrogens with zero attached hydrogens (tertiary/aromatic N) is 3. The third-order valence-electron chi connectivity index (χ3n) is 6.94. The number of hydrogen-bond donors (Lipinski definition) is 1. The first kappa shape index (κ1) is 24.2. The van der Waals surface area contributed by atoms with Gasteiger partial charge in [0.05, 0.1) is 24.5 Å². The van der Waals surface area contributed by atoms with Crippen molar-refractivity contribution in [2.45, 2.75) is 51.5 Å². The van der Waals surface area contributed by atoms with E-state index in [9.17, 15) is 0 Å². The van der Waals surface area contributed by atoms with Gasteiger partial charge in [-0.3, -0.25) is 14.9 Å². The molecule has 2 aromatic heterocycles. The number of nitrogens with one attached hydrogen (secondary N) is 1. The van der Waals surface area contributed by atoms with E-state index in [1.54, 1.807) is 7.11 Å². The number of ether oxygens (including phenoxy) is 1. The number of rotatable bonds is 10. The molecule has 0 saturated carbocycles. The maximum Gasteiger partial charge on any atom is 0.123 e. The van der Waals surface area contributed by atoms with Crippen molar-refractivity contribution in [3.63, 3.8) is 0 Å². The number of aromatic nitrogens is 2. The molecule has 0 saturated heterocycles. The summed E-state index contributed by atoms with van der Waals surface area (Å²) in [7, 11) is 1.75. The Morgan fingerprint density at radius 3 is 2.47 bits per heavy atom. The van der Waals surface area contributed by atoms with Gasteiger partial charge >= 0.3 is 0 Å². The molecule has 0 radical (unpaired) electrons. The van der Waals surface area contributed by atoms with E-state index in [4.69, 9.17) is 9.72 Å². The minimum Gasteiger partial charge on any atom is -0.496 e. The van der Waals surface area contributed by atoms with Crippen LogP contribution in [0.5, 0.6) is 5.75 Å². The maximum absolute atomic E-state index is 5.68. The Bertz CT molecular complexity index is 1240. The summed E-state index contributed by atoms with van der Waals surface area (Å²) in [5.41, 5.74) is 7.46. The van der Waals surface area contributed by atoms with E-state index in [1.165, 1.54) is 34.4 Å². The molecule has 5 heteroatoms. The molecule has 5 rings (SSSR count). The van der Waals surface area contributed by atoms with Crippen molar-refractivity contribution in [3.8, 4) is 5.75 Å². The summed E-state index contributed by atoms with van der Waals surface area (Å²) in [5, 5.41) is 3.49. The Kier molecular flexibility index (Phi) is 8.01. The van der Waals surface area contributed by atoms with E-state index in [0.29, 0.717) is 6.04 Å². The van der Waals surface area contributed by atoms with Crippen molar-refractivity contribution in [2.24, 2.45) is 0 Å². The molecule has 0 bridgehead atoms. The Hall–Kier alpha value is -3.54. The van der Waals surface area contributed by atoms with Crippen LogP contribution in [0.1, 0.15) is 52.5 Å². The molecule has 1 atom stereocenters. The highest BCUT2D eigenvalue weighted by atomic mass is 16.5. The maximum atomic E-state index is 5.68.